The standard InChI is InChI=1S/C45H52N10O5/c1-2-3-15-38-54-39-40(34-12-7-8-13-36(34)52-41(39)47)55(38)27-31-18-16-30(17-19-31)26-50-45(59)60-28-32-20-22-33(23-21-32)51-43(57)37(14-9-24-49-44(48)58)53-42(56)35(46)25-29-10-5-4-6-11-29/h4-8,10-13,16-23,35,37H,2-3,9,14-15,24-28,46H2,1H3,(H2,47,52)(H,50,59)(H,51,57)(H,53,56)(H3,48,49,58)/t35-,37-/m0/s1. The second-order valence-electron chi connectivity index (χ2n) is 14.7. The number of urea groups is 1. The molecule has 6 aromatic rings. The monoisotopic (exact) mass is 812 g/mol. The number of imidazole rings is 1. The number of para-hydroxylation sites is 1. The second-order valence-corrected chi connectivity index (χ2v) is 14.7. The molecule has 0 saturated carbocycles. The predicted octanol–water partition coefficient (Wildman–Crippen LogP) is 5.43. The first-order chi connectivity index (χ1) is 29.1. The minimum atomic E-state index is -0.921. The molecule has 60 heavy (non-hydrogen) atoms. The zero-order valence-electron chi connectivity index (χ0n) is 33.7. The molecule has 15 heteroatoms. The molecule has 0 radical (unpaired) electrons. The molecule has 2 heterocycles. The number of nitrogens with zero attached hydrogens (tertiary/aromatic N) is 3. The number of pyridine rings is 1. The van der Waals surface area contributed by atoms with Crippen LogP contribution in [0.2, 0.25) is 0 Å². The summed E-state index contributed by atoms with van der Waals surface area (Å²) in [6.07, 6.45) is 3.23. The van der Waals surface area contributed by atoms with E-state index in [1.165, 1.54) is 0 Å². The molecule has 0 saturated heterocycles. The average Bonchev–Trinajstić information content (AvgIpc) is 3.62. The molecule has 2 aromatic heterocycles. The van der Waals surface area contributed by atoms with Crippen LogP contribution in [0.25, 0.3) is 21.9 Å². The van der Waals surface area contributed by atoms with Gasteiger partial charge in [0.15, 0.2) is 5.82 Å². The lowest BCUT2D eigenvalue weighted by Crippen LogP contribution is -2.50. The molecule has 0 unspecified atom stereocenters. The minimum Gasteiger partial charge on any atom is -0.445 e. The largest absolute Gasteiger partial charge is 0.445 e. The molecule has 0 aliphatic carbocycles. The lowest BCUT2D eigenvalue weighted by atomic mass is 10.0. The van der Waals surface area contributed by atoms with Crippen molar-refractivity contribution in [1.82, 2.24) is 30.5 Å². The van der Waals surface area contributed by atoms with Crippen molar-refractivity contribution in [3.63, 3.8) is 0 Å². The van der Waals surface area contributed by atoms with Gasteiger partial charge in [0.2, 0.25) is 11.8 Å². The maximum atomic E-state index is 13.3. The topological polar surface area (TPSA) is 234 Å². The molecular formula is C45H52N10O5. The van der Waals surface area contributed by atoms with Crippen molar-refractivity contribution in [1.29, 1.82) is 0 Å². The number of fused-ring (bicyclic) bond motifs is 3. The van der Waals surface area contributed by atoms with Crippen LogP contribution in [0.15, 0.2) is 103 Å². The number of nitrogens with two attached hydrogens (primary N) is 3. The van der Waals surface area contributed by atoms with E-state index in [1.807, 2.05) is 72.8 Å². The molecule has 4 aromatic carbocycles. The number of nitrogens with one attached hydrogen (secondary N) is 4. The lowest BCUT2D eigenvalue weighted by Gasteiger charge is -2.21. The third-order valence-corrected chi connectivity index (χ3v) is 10.1. The summed E-state index contributed by atoms with van der Waals surface area (Å²) in [4.78, 5) is 59.6. The number of anilines is 2. The fourth-order valence-corrected chi connectivity index (χ4v) is 6.86. The Labute approximate surface area is 348 Å². The zero-order valence-corrected chi connectivity index (χ0v) is 33.7. The number of hydrogen-bond acceptors (Lipinski definition) is 9. The third kappa shape index (κ3) is 11.6. The van der Waals surface area contributed by atoms with Gasteiger partial charge in [-0.25, -0.2) is 19.6 Å². The zero-order chi connectivity index (χ0) is 42.4. The Morgan fingerprint density at radius 3 is 2.22 bits per heavy atom. The summed E-state index contributed by atoms with van der Waals surface area (Å²) in [5.41, 5.74) is 24.3. The number of amides is 5. The average molecular weight is 813 g/mol. The van der Waals surface area contributed by atoms with Gasteiger partial charge in [0.1, 0.15) is 24.0 Å². The summed E-state index contributed by atoms with van der Waals surface area (Å²) >= 11 is 0. The van der Waals surface area contributed by atoms with Crippen LogP contribution in [0, 0.1) is 0 Å². The number of aryl methyl sites for hydroxylation is 1. The normalized spacial score (nSPS) is 12.1. The number of aromatic nitrogens is 3. The van der Waals surface area contributed by atoms with Crippen LogP contribution in [-0.4, -0.2) is 57.1 Å². The number of carbonyl (C=O) groups excluding carboxylic acids is 4. The highest BCUT2D eigenvalue weighted by molar-refractivity contribution is 6.06. The summed E-state index contributed by atoms with van der Waals surface area (Å²) in [7, 11) is 0. The summed E-state index contributed by atoms with van der Waals surface area (Å²) in [5.74, 6) is 0.475. The molecule has 0 aliphatic rings. The third-order valence-electron chi connectivity index (χ3n) is 10.1. The summed E-state index contributed by atoms with van der Waals surface area (Å²) in [5, 5.41) is 11.9. The van der Waals surface area contributed by atoms with E-state index in [0.717, 1.165) is 63.7 Å². The molecule has 0 spiro atoms. The molecule has 0 bridgehead atoms. The SMILES string of the molecule is CCCCc1nc2c(N)nc3ccccc3c2n1Cc1ccc(CNC(=O)OCc2ccc(NC(=O)[C@H](CCCNC(N)=O)NC(=O)[C@@H](N)Cc3ccccc3)cc2)cc1. The smallest absolute Gasteiger partial charge is 0.407 e. The first kappa shape index (κ1) is 42.6. The second kappa shape index (κ2) is 20.6. The van der Waals surface area contributed by atoms with Gasteiger partial charge in [0.25, 0.3) is 0 Å². The highest BCUT2D eigenvalue weighted by atomic mass is 16.5. The first-order valence-electron chi connectivity index (χ1n) is 20.1. The number of unbranched alkanes of at least 4 members (excludes halogenated alkanes) is 1. The fraction of sp³-hybridized carbons (Fsp3) is 0.289. The van der Waals surface area contributed by atoms with Crippen LogP contribution < -0.4 is 38.5 Å². The van der Waals surface area contributed by atoms with Crippen molar-refractivity contribution >= 4 is 57.4 Å². The number of benzene rings is 4. The molecule has 5 amide bonds. The van der Waals surface area contributed by atoms with Crippen molar-refractivity contribution < 1.29 is 23.9 Å². The Morgan fingerprint density at radius 1 is 0.783 bits per heavy atom. The van der Waals surface area contributed by atoms with Crippen molar-refractivity contribution in [3.8, 4) is 0 Å². The van der Waals surface area contributed by atoms with Gasteiger partial charge in [0, 0.05) is 37.1 Å². The number of nitrogen functional groups attached to an aromatic ring is 1. The molecule has 312 valence electrons. The molecule has 2 atom stereocenters. The van der Waals surface area contributed by atoms with Gasteiger partial charge < -0.3 is 47.8 Å². The van der Waals surface area contributed by atoms with E-state index in [0.29, 0.717) is 36.5 Å². The molecule has 0 aliphatic heterocycles. The highest BCUT2D eigenvalue weighted by Gasteiger charge is 2.24. The summed E-state index contributed by atoms with van der Waals surface area (Å²) < 4.78 is 7.70. The minimum absolute atomic E-state index is 0.0117. The Balaban J connectivity index is 0.993. The summed E-state index contributed by atoms with van der Waals surface area (Å²) in [6.45, 7) is 3.29. The number of carbonyl (C=O) groups is 4. The van der Waals surface area contributed by atoms with Crippen LogP contribution in [0.1, 0.15) is 60.7 Å². The van der Waals surface area contributed by atoms with Gasteiger partial charge >= 0.3 is 12.1 Å². The van der Waals surface area contributed by atoms with Crippen molar-refractivity contribution in [3.05, 3.63) is 131 Å². The van der Waals surface area contributed by atoms with Gasteiger partial charge in [0.05, 0.1) is 17.1 Å². The number of rotatable bonds is 19. The van der Waals surface area contributed by atoms with Crippen LogP contribution in [0.3, 0.4) is 0 Å². The highest BCUT2D eigenvalue weighted by Crippen LogP contribution is 2.30. The van der Waals surface area contributed by atoms with Crippen molar-refractivity contribution in [2.24, 2.45) is 11.5 Å². The number of ether oxygens (including phenoxy) is 1. The lowest BCUT2D eigenvalue weighted by molar-refractivity contribution is -0.127. The van der Waals surface area contributed by atoms with E-state index >= 15 is 0 Å². The Morgan fingerprint density at radius 2 is 1.48 bits per heavy atom. The van der Waals surface area contributed by atoms with Gasteiger partial charge in [-0.15, -0.1) is 0 Å². The Hall–Kier alpha value is -7.00. The Kier molecular flexibility index (Phi) is 14.6. The van der Waals surface area contributed by atoms with Crippen molar-refractivity contribution in [2.45, 2.75) is 77.2 Å². The summed E-state index contributed by atoms with van der Waals surface area (Å²) in [6, 6.07) is 29.7. The van der Waals surface area contributed by atoms with Gasteiger partial charge in [-0.05, 0) is 66.1 Å². The van der Waals surface area contributed by atoms with E-state index in [1.54, 1.807) is 24.3 Å². The maximum absolute atomic E-state index is 13.3. The van der Waals surface area contributed by atoms with E-state index in [-0.39, 0.29) is 26.1 Å². The van der Waals surface area contributed by atoms with Gasteiger partial charge in [-0.2, -0.15) is 0 Å². The van der Waals surface area contributed by atoms with Gasteiger partial charge in [-0.1, -0.05) is 98.3 Å². The predicted molar refractivity (Wildman–Crippen MR) is 233 cm³/mol. The number of primary amides is 1. The van der Waals surface area contributed by atoms with Crippen molar-refractivity contribution in [2.75, 3.05) is 17.6 Å². The fourth-order valence-electron chi connectivity index (χ4n) is 6.86. The van der Waals surface area contributed by atoms with Crippen LogP contribution >= 0.6 is 0 Å². The van der Waals surface area contributed by atoms with Crippen LogP contribution in [0.4, 0.5) is 21.1 Å². The van der Waals surface area contributed by atoms with E-state index < -0.39 is 36.0 Å². The quantitative estimate of drug-likeness (QED) is 0.0516. The number of alkyl carbamates (subject to hydrolysis) is 1. The van der Waals surface area contributed by atoms with Crippen LogP contribution in [-0.2, 0) is 46.9 Å². The molecule has 0 fully saturated rings. The molecular weight excluding hydrogens is 761 g/mol. The van der Waals surface area contributed by atoms with Crippen LogP contribution in [0.5, 0.6) is 0 Å². The molecule has 10 N–H and O–H groups in total. The van der Waals surface area contributed by atoms with E-state index in [2.05, 4.69) is 43.8 Å². The van der Waals surface area contributed by atoms with E-state index in [9.17, 15) is 19.2 Å². The first-order valence-corrected chi connectivity index (χ1v) is 20.1. The van der Waals surface area contributed by atoms with Gasteiger partial charge in [-0.3, -0.25) is 9.59 Å². The Bertz CT molecular complexity index is 2400. The number of hydrogen-bond donors (Lipinski definition) is 7. The van der Waals surface area contributed by atoms with E-state index in [4.69, 9.17) is 26.9 Å². The molecule has 6 rings (SSSR count). The molecule has 15 nitrogen and oxygen atoms in total. The maximum Gasteiger partial charge on any atom is 0.407 e.